The molecule has 4 rings (SSSR count). The summed E-state index contributed by atoms with van der Waals surface area (Å²) in [6, 6.07) is 13.4. The number of fused-ring (bicyclic) bond motifs is 1. The predicted octanol–water partition coefficient (Wildman–Crippen LogP) is 3.77. The van der Waals surface area contributed by atoms with Crippen LogP contribution in [0.5, 0.6) is 5.75 Å². The van der Waals surface area contributed by atoms with Gasteiger partial charge in [-0.15, -0.1) is 0 Å². The van der Waals surface area contributed by atoms with Crippen LogP contribution in [0.2, 0.25) is 0 Å². The summed E-state index contributed by atoms with van der Waals surface area (Å²) in [5, 5.41) is 0. The first-order valence-corrected chi connectivity index (χ1v) is 10.5. The first kappa shape index (κ1) is 20.9. The van der Waals surface area contributed by atoms with E-state index in [1.54, 1.807) is 4.90 Å². The minimum atomic E-state index is -0.560. The van der Waals surface area contributed by atoms with E-state index < -0.39 is 5.97 Å². The number of benzene rings is 2. The van der Waals surface area contributed by atoms with E-state index in [4.69, 9.17) is 13.9 Å². The smallest absolute Gasteiger partial charge is 0.344 e. The lowest BCUT2D eigenvalue weighted by Crippen LogP contribution is -2.40. The van der Waals surface area contributed by atoms with Gasteiger partial charge < -0.3 is 18.8 Å². The molecule has 1 aromatic heterocycles. The van der Waals surface area contributed by atoms with Gasteiger partial charge in [-0.1, -0.05) is 24.3 Å². The number of carbonyl (C=O) groups excluding carboxylic acids is 2. The van der Waals surface area contributed by atoms with Crippen LogP contribution in [0, 0.1) is 13.8 Å². The largest absolute Gasteiger partial charge is 0.482 e. The Labute approximate surface area is 181 Å². The number of carbonyl (C=O) groups is 2. The standard InChI is InChI=1S/C24H26N2O5/c1-16-6-5-9-20(17(16)2)29-15-23(28)30-14-22(27)26-12-10-18(11-13-26)24-25-19-7-3-4-8-21(19)31-24/h3-9,18H,10-15H2,1-2H3. The normalized spacial score (nSPS) is 14.6. The van der Waals surface area contributed by atoms with Gasteiger partial charge in [0.25, 0.3) is 5.91 Å². The Morgan fingerprint density at radius 2 is 1.84 bits per heavy atom. The van der Waals surface area contributed by atoms with Gasteiger partial charge in [-0.2, -0.15) is 0 Å². The average molecular weight is 422 g/mol. The second-order valence-corrected chi connectivity index (χ2v) is 7.82. The van der Waals surface area contributed by atoms with Crippen LogP contribution < -0.4 is 4.74 Å². The SMILES string of the molecule is Cc1cccc(OCC(=O)OCC(=O)N2CCC(c3nc4ccccc4o3)CC2)c1C. The van der Waals surface area contributed by atoms with Gasteiger partial charge in [0.05, 0.1) is 0 Å². The molecule has 0 aliphatic carbocycles. The molecule has 1 aliphatic heterocycles. The van der Waals surface area contributed by atoms with Crippen molar-refractivity contribution in [2.75, 3.05) is 26.3 Å². The highest BCUT2D eigenvalue weighted by Crippen LogP contribution is 2.30. The number of hydrogen-bond acceptors (Lipinski definition) is 6. The van der Waals surface area contributed by atoms with E-state index in [1.165, 1.54) is 0 Å². The van der Waals surface area contributed by atoms with Crippen molar-refractivity contribution in [1.82, 2.24) is 9.88 Å². The number of likely N-dealkylation sites (tertiary alicyclic amines) is 1. The zero-order valence-electron chi connectivity index (χ0n) is 17.8. The highest BCUT2D eigenvalue weighted by atomic mass is 16.6. The summed E-state index contributed by atoms with van der Waals surface area (Å²) in [6.45, 7) is 4.58. The van der Waals surface area contributed by atoms with E-state index in [0.717, 1.165) is 41.0 Å². The monoisotopic (exact) mass is 422 g/mol. The van der Waals surface area contributed by atoms with Crippen molar-refractivity contribution in [3.8, 4) is 5.75 Å². The van der Waals surface area contributed by atoms with Gasteiger partial charge in [-0.05, 0) is 56.0 Å². The Morgan fingerprint density at radius 3 is 2.61 bits per heavy atom. The first-order chi connectivity index (χ1) is 15.0. The third-order valence-corrected chi connectivity index (χ3v) is 5.76. The fourth-order valence-electron chi connectivity index (χ4n) is 3.73. The third kappa shape index (κ3) is 4.87. The summed E-state index contributed by atoms with van der Waals surface area (Å²) in [5.74, 6) is 0.796. The van der Waals surface area contributed by atoms with Gasteiger partial charge in [0, 0.05) is 19.0 Å². The molecule has 7 heteroatoms. The topological polar surface area (TPSA) is 81.9 Å². The van der Waals surface area contributed by atoms with Crippen LogP contribution in [0.15, 0.2) is 46.9 Å². The number of nitrogens with zero attached hydrogens (tertiary/aromatic N) is 2. The number of aryl methyl sites for hydroxylation is 1. The van der Waals surface area contributed by atoms with Crippen molar-refractivity contribution in [3.05, 3.63) is 59.5 Å². The Balaban J connectivity index is 1.21. The molecule has 0 unspecified atom stereocenters. The Kier molecular flexibility index (Phi) is 6.21. The quantitative estimate of drug-likeness (QED) is 0.563. The molecule has 1 saturated heterocycles. The van der Waals surface area contributed by atoms with Crippen LogP contribution in [0.3, 0.4) is 0 Å². The summed E-state index contributed by atoms with van der Waals surface area (Å²) in [6.07, 6.45) is 1.53. The summed E-state index contributed by atoms with van der Waals surface area (Å²) >= 11 is 0. The number of rotatable bonds is 6. The molecule has 1 aliphatic rings. The van der Waals surface area contributed by atoms with Crippen LogP contribution in [0.4, 0.5) is 0 Å². The van der Waals surface area contributed by atoms with Crippen LogP contribution >= 0.6 is 0 Å². The van der Waals surface area contributed by atoms with Crippen molar-refractivity contribution in [3.63, 3.8) is 0 Å². The van der Waals surface area contributed by atoms with Crippen molar-refractivity contribution in [2.45, 2.75) is 32.6 Å². The van der Waals surface area contributed by atoms with Gasteiger partial charge in [0.1, 0.15) is 11.3 Å². The number of piperidine rings is 1. The number of hydrogen-bond donors (Lipinski definition) is 0. The molecule has 0 saturated carbocycles. The maximum absolute atomic E-state index is 12.4. The first-order valence-electron chi connectivity index (χ1n) is 10.5. The van der Waals surface area contributed by atoms with Crippen LogP contribution in [-0.4, -0.2) is 48.1 Å². The Morgan fingerprint density at radius 1 is 1.06 bits per heavy atom. The van der Waals surface area contributed by atoms with E-state index in [2.05, 4.69) is 4.98 Å². The maximum Gasteiger partial charge on any atom is 0.344 e. The second-order valence-electron chi connectivity index (χ2n) is 7.82. The lowest BCUT2D eigenvalue weighted by molar-refractivity contribution is -0.154. The maximum atomic E-state index is 12.4. The molecule has 2 heterocycles. The van der Waals surface area contributed by atoms with Gasteiger partial charge in [-0.3, -0.25) is 4.79 Å². The van der Waals surface area contributed by atoms with E-state index in [9.17, 15) is 9.59 Å². The fraction of sp³-hybridized carbons (Fsp3) is 0.375. The summed E-state index contributed by atoms with van der Waals surface area (Å²) in [7, 11) is 0. The molecule has 1 fully saturated rings. The van der Waals surface area contributed by atoms with Crippen molar-refractivity contribution >= 4 is 23.0 Å². The Hall–Kier alpha value is -3.35. The minimum Gasteiger partial charge on any atom is -0.482 e. The van der Waals surface area contributed by atoms with E-state index in [-0.39, 0.29) is 25.0 Å². The molecule has 0 N–H and O–H groups in total. The molecule has 3 aromatic rings. The zero-order chi connectivity index (χ0) is 21.8. The van der Waals surface area contributed by atoms with Crippen molar-refractivity contribution < 1.29 is 23.5 Å². The summed E-state index contributed by atoms with van der Waals surface area (Å²) in [4.78, 5) is 30.7. The molecule has 162 valence electrons. The molecule has 7 nitrogen and oxygen atoms in total. The average Bonchev–Trinajstić information content (AvgIpc) is 3.23. The van der Waals surface area contributed by atoms with E-state index in [1.807, 2.05) is 56.3 Å². The number of ether oxygens (including phenoxy) is 2. The molecular weight excluding hydrogens is 396 g/mol. The fourth-order valence-corrected chi connectivity index (χ4v) is 3.73. The molecule has 2 aromatic carbocycles. The molecule has 1 amide bonds. The van der Waals surface area contributed by atoms with Crippen molar-refractivity contribution in [1.29, 1.82) is 0 Å². The highest BCUT2D eigenvalue weighted by molar-refractivity contribution is 5.81. The third-order valence-electron chi connectivity index (χ3n) is 5.76. The van der Waals surface area contributed by atoms with Gasteiger partial charge in [0.2, 0.25) is 0 Å². The number of para-hydroxylation sites is 2. The highest BCUT2D eigenvalue weighted by Gasteiger charge is 2.27. The van der Waals surface area contributed by atoms with Gasteiger partial charge in [0.15, 0.2) is 24.7 Å². The second kappa shape index (κ2) is 9.20. The molecule has 0 atom stereocenters. The predicted molar refractivity (Wildman–Crippen MR) is 115 cm³/mol. The number of aromatic nitrogens is 1. The van der Waals surface area contributed by atoms with Gasteiger partial charge in [-0.25, -0.2) is 9.78 Å². The minimum absolute atomic E-state index is 0.185. The number of esters is 1. The van der Waals surface area contributed by atoms with E-state index in [0.29, 0.717) is 18.8 Å². The summed E-state index contributed by atoms with van der Waals surface area (Å²) < 4.78 is 16.5. The lowest BCUT2D eigenvalue weighted by Gasteiger charge is -2.30. The van der Waals surface area contributed by atoms with Crippen molar-refractivity contribution in [2.24, 2.45) is 0 Å². The van der Waals surface area contributed by atoms with Crippen LogP contribution in [0.25, 0.3) is 11.1 Å². The molecule has 0 bridgehead atoms. The van der Waals surface area contributed by atoms with E-state index >= 15 is 0 Å². The zero-order valence-corrected chi connectivity index (χ0v) is 17.8. The Bertz CT molecular complexity index is 1050. The molecule has 31 heavy (non-hydrogen) atoms. The molecule has 0 spiro atoms. The molecular formula is C24H26N2O5. The molecule has 0 radical (unpaired) electrons. The number of oxazole rings is 1. The van der Waals surface area contributed by atoms with Crippen LogP contribution in [0.1, 0.15) is 35.8 Å². The summed E-state index contributed by atoms with van der Waals surface area (Å²) in [5.41, 5.74) is 3.70. The van der Waals surface area contributed by atoms with Crippen LogP contribution in [-0.2, 0) is 14.3 Å². The number of amides is 1. The van der Waals surface area contributed by atoms with Gasteiger partial charge >= 0.3 is 5.97 Å². The lowest BCUT2D eigenvalue weighted by atomic mass is 9.97.